The number of anilines is 1. The summed E-state index contributed by atoms with van der Waals surface area (Å²) in [6.07, 6.45) is 2.66. The minimum absolute atomic E-state index is 0.212. The van der Waals surface area contributed by atoms with Gasteiger partial charge in [-0.15, -0.1) is 0 Å². The smallest absolute Gasteiger partial charge is 0.227 e. The molecule has 0 fully saturated rings. The lowest BCUT2D eigenvalue weighted by molar-refractivity contribution is -0.118. The molecule has 2 nitrogen and oxygen atoms in total. The Hall–Kier alpha value is -1.16. The SMILES string of the molecule is O=C(CCSCc1ccc(Cl)c(Cl)c1)N1CCCc2ccccc21. The Bertz CT molecular complexity index is 735. The molecule has 0 saturated carbocycles. The number of thioether (sulfide) groups is 1. The number of aryl methyl sites for hydroxylation is 1. The summed E-state index contributed by atoms with van der Waals surface area (Å²) in [5.41, 5.74) is 3.49. The van der Waals surface area contributed by atoms with E-state index in [0.29, 0.717) is 16.5 Å². The number of benzene rings is 2. The zero-order chi connectivity index (χ0) is 16.9. The number of hydrogen-bond donors (Lipinski definition) is 0. The van der Waals surface area contributed by atoms with Gasteiger partial charge < -0.3 is 4.90 Å². The van der Waals surface area contributed by atoms with Crippen LogP contribution in [0.2, 0.25) is 10.0 Å². The number of rotatable bonds is 5. The Labute approximate surface area is 157 Å². The first-order chi connectivity index (χ1) is 11.6. The monoisotopic (exact) mass is 379 g/mol. The molecule has 0 bridgehead atoms. The highest BCUT2D eigenvalue weighted by Gasteiger charge is 2.21. The predicted octanol–water partition coefficient (Wildman–Crippen LogP) is 5.60. The standard InChI is InChI=1S/C19H19Cl2NOS/c20-16-8-7-14(12-17(16)21)13-24-11-9-19(23)22-10-3-5-15-4-1-2-6-18(15)22/h1-2,4,6-8,12H,3,5,9-11,13H2. The predicted molar refractivity (Wildman–Crippen MR) is 104 cm³/mol. The Morgan fingerprint density at radius 3 is 2.79 bits per heavy atom. The minimum atomic E-state index is 0.212. The lowest BCUT2D eigenvalue weighted by atomic mass is 10.0. The van der Waals surface area contributed by atoms with Crippen LogP contribution in [0.15, 0.2) is 42.5 Å². The summed E-state index contributed by atoms with van der Waals surface area (Å²) >= 11 is 13.7. The van der Waals surface area contributed by atoms with Crippen LogP contribution in [0.25, 0.3) is 0 Å². The van der Waals surface area contributed by atoms with E-state index in [4.69, 9.17) is 23.2 Å². The molecule has 0 aromatic heterocycles. The molecule has 5 heteroatoms. The van der Waals surface area contributed by atoms with Crippen molar-refractivity contribution >= 4 is 46.6 Å². The van der Waals surface area contributed by atoms with Crippen LogP contribution in [-0.4, -0.2) is 18.2 Å². The van der Waals surface area contributed by atoms with Crippen LogP contribution in [0.5, 0.6) is 0 Å². The van der Waals surface area contributed by atoms with Gasteiger partial charge in [-0.05, 0) is 42.2 Å². The summed E-state index contributed by atoms with van der Waals surface area (Å²) in [6, 6.07) is 13.9. The number of amides is 1. The summed E-state index contributed by atoms with van der Waals surface area (Å²) in [6.45, 7) is 0.827. The Morgan fingerprint density at radius 1 is 1.12 bits per heavy atom. The lowest BCUT2D eigenvalue weighted by Crippen LogP contribution is -2.35. The molecule has 24 heavy (non-hydrogen) atoms. The van der Waals surface area contributed by atoms with Crippen molar-refractivity contribution in [2.24, 2.45) is 0 Å². The molecular formula is C19H19Cl2NOS. The number of carbonyl (C=O) groups excluding carboxylic acids is 1. The van der Waals surface area contributed by atoms with Gasteiger partial charge in [-0.3, -0.25) is 4.79 Å². The molecule has 2 aromatic carbocycles. The summed E-state index contributed by atoms with van der Waals surface area (Å²) in [7, 11) is 0. The number of para-hydroxylation sites is 1. The van der Waals surface area contributed by atoms with Crippen LogP contribution in [0.4, 0.5) is 5.69 Å². The van der Waals surface area contributed by atoms with E-state index in [9.17, 15) is 4.79 Å². The van der Waals surface area contributed by atoms with Gasteiger partial charge in [0.2, 0.25) is 5.91 Å². The van der Waals surface area contributed by atoms with Gasteiger partial charge in [0.25, 0.3) is 0 Å². The van der Waals surface area contributed by atoms with Gasteiger partial charge in [0, 0.05) is 30.2 Å². The second-order valence-corrected chi connectivity index (χ2v) is 7.75. The second-order valence-electron chi connectivity index (χ2n) is 5.83. The summed E-state index contributed by atoms with van der Waals surface area (Å²) in [5.74, 6) is 1.85. The minimum Gasteiger partial charge on any atom is -0.312 e. The average Bonchev–Trinajstić information content (AvgIpc) is 2.61. The average molecular weight is 380 g/mol. The molecule has 0 radical (unpaired) electrons. The maximum atomic E-state index is 12.5. The van der Waals surface area contributed by atoms with E-state index < -0.39 is 0 Å². The second kappa shape index (κ2) is 8.28. The van der Waals surface area contributed by atoms with Crippen molar-refractivity contribution in [2.45, 2.75) is 25.0 Å². The lowest BCUT2D eigenvalue weighted by Gasteiger charge is -2.29. The quantitative estimate of drug-likeness (QED) is 0.630. The first-order valence-corrected chi connectivity index (χ1v) is 9.96. The number of nitrogens with zero attached hydrogens (tertiary/aromatic N) is 1. The van der Waals surface area contributed by atoms with Crippen molar-refractivity contribution in [1.82, 2.24) is 0 Å². The zero-order valence-electron chi connectivity index (χ0n) is 13.3. The highest BCUT2D eigenvalue weighted by molar-refractivity contribution is 7.98. The largest absolute Gasteiger partial charge is 0.312 e. The van der Waals surface area contributed by atoms with Crippen molar-refractivity contribution in [2.75, 3.05) is 17.2 Å². The number of carbonyl (C=O) groups is 1. The molecule has 2 aromatic rings. The molecule has 0 unspecified atom stereocenters. The summed E-state index contributed by atoms with van der Waals surface area (Å²) in [5, 5.41) is 1.15. The number of halogens is 2. The fourth-order valence-electron chi connectivity index (χ4n) is 2.91. The fraction of sp³-hybridized carbons (Fsp3) is 0.316. The van der Waals surface area contributed by atoms with Crippen LogP contribution < -0.4 is 4.90 Å². The van der Waals surface area contributed by atoms with Crippen LogP contribution in [-0.2, 0) is 17.0 Å². The molecule has 1 heterocycles. The van der Waals surface area contributed by atoms with E-state index in [2.05, 4.69) is 12.1 Å². The van der Waals surface area contributed by atoms with E-state index in [1.54, 1.807) is 11.8 Å². The summed E-state index contributed by atoms with van der Waals surface area (Å²) in [4.78, 5) is 14.5. The third kappa shape index (κ3) is 4.27. The third-order valence-corrected chi connectivity index (χ3v) is 5.89. The van der Waals surface area contributed by atoms with E-state index >= 15 is 0 Å². The molecule has 0 aliphatic carbocycles. The van der Waals surface area contributed by atoms with Crippen molar-refractivity contribution in [3.05, 3.63) is 63.6 Å². The van der Waals surface area contributed by atoms with Gasteiger partial charge in [0.15, 0.2) is 0 Å². The molecule has 1 amide bonds. The Kier molecular flexibility index (Phi) is 6.09. The molecule has 0 saturated heterocycles. The van der Waals surface area contributed by atoms with Crippen LogP contribution in [0.1, 0.15) is 24.0 Å². The topological polar surface area (TPSA) is 20.3 Å². The maximum absolute atomic E-state index is 12.5. The van der Waals surface area contributed by atoms with Gasteiger partial charge in [0.1, 0.15) is 0 Å². The van der Waals surface area contributed by atoms with Crippen molar-refractivity contribution in [1.29, 1.82) is 0 Å². The summed E-state index contributed by atoms with van der Waals surface area (Å²) < 4.78 is 0. The van der Waals surface area contributed by atoms with Crippen molar-refractivity contribution in [3.8, 4) is 0 Å². The molecule has 126 valence electrons. The highest BCUT2D eigenvalue weighted by Crippen LogP contribution is 2.28. The molecule has 3 rings (SSSR count). The first kappa shape index (κ1) is 17.7. The van der Waals surface area contributed by atoms with Gasteiger partial charge in [-0.1, -0.05) is 47.5 Å². The normalized spacial score (nSPS) is 13.7. The van der Waals surface area contributed by atoms with Crippen LogP contribution in [0.3, 0.4) is 0 Å². The van der Waals surface area contributed by atoms with Gasteiger partial charge in [-0.2, -0.15) is 11.8 Å². The highest BCUT2D eigenvalue weighted by atomic mass is 35.5. The number of hydrogen-bond acceptors (Lipinski definition) is 2. The molecule has 0 spiro atoms. The van der Waals surface area contributed by atoms with E-state index in [-0.39, 0.29) is 5.91 Å². The fourth-order valence-corrected chi connectivity index (χ4v) is 4.11. The van der Waals surface area contributed by atoms with Gasteiger partial charge >= 0.3 is 0 Å². The molecule has 0 N–H and O–H groups in total. The van der Waals surface area contributed by atoms with E-state index in [1.807, 2.05) is 35.2 Å². The van der Waals surface area contributed by atoms with Gasteiger partial charge in [-0.25, -0.2) is 0 Å². The Morgan fingerprint density at radius 2 is 1.96 bits per heavy atom. The van der Waals surface area contributed by atoms with E-state index in [0.717, 1.165) is 42.1 Å². The maximum Gasteiger partial charge on any atom is 0.227 e. The van der Waals surface area contributed by atoms with Crippen LogP contribution >= 0.6 is 35.0 Å². The van der Waals surface area contributed by atoms with Crippen molar-refractivity contribution < 1.29 is 4.79 Å². The third-order valence-electron chi connectivity index (χ3n) is 4.12. The molecule has 1 aliphatic heterocycles. The first-order valence-electron chi connectivity index (χ1n) is 8.05. The molecule has 0 atom stereocenters. The van der Waals surface area contributed by atoms with E-state index in [1.165, 1.54) is 5.56 Å². The van der Waals surface area contributed by atoms with Crippen molar-refractivity contribution in [3.63, 3.8) is 0 Å². The molecular weight excluding hydrogens is 361 g/mol. The van der Waals surface area contributed by atoms with Crippen LogP contribution in [0, 0.1) is 0 Å². The van der Waals surface area contributed by atoms with Gasteiger partial charge in [0.05, 0.1) is 10.0 Å². The zero-order valence-corrected chi connectivity index (χ0v) is 15.6. The Balaban J connectivity index is 1.50. The molecule has 1 aliphatic rings. The number of fused-ring (bicyclic) bond motifs is 1.